The summed E-state index contributed by atoms with van der Waals surface area (Å²) in [6, 6.07) is 8.21. The Balaban J connectivity index is 1.93. The lowest BCUT2D eigenvalue weighted by atomic mass is 9.92. The van der Waals surface area contributed by atoms with Crippen LogP contribution in [-0.2, 0) is 11.2 Å². The second-order valence-electron chi connectivity index (χ2n) is 6.25. The second-order valence-corrected chi connectivity index (χ2v) is 6.65. The predicted octanol–water partition coefficient (Wildman–Crippen LogP) is 4.46. The van der Waals surface area contributed by atoms with Crippen molar-refractivity contribution in [1.82, 2.24) is 5.32 Å². The first-order valence-electron chi connectivity index (χ1n) is 8.28. The van der Waals surface area contributed by atoms with Gasteiger partial charge in [-0.2, -0.15) is 0 Å². The van der Waals surface area contributed by atoms with E-state index < -0.39 is 0 Å². The number of halogens is 1. The van der Waals surface area contributed by atoms with Gasteiger partial charge in [0.1, 0.15) is 0 Å². The molecule has 2 nitrogen and oxygen atoms in total. The molecule has 1 aromatic rings. The zero-order valence-corrected chi connectivity index (χ0v) is 14.0. The van der Waals surface area contributed by atoms with E-state index in [1.807, 2.05) is 12.1 Å². The minimum Gasteiger partial charge on any atom is -0.375 e. The van der Waals surface area contributed by atoms with Gasteiger partial charge >= 0.3 is 0 Å². The molecule has 1 N–H and O–H groups in total. The molecule has 0 bridgehead atoms. The van der Waals surface area contributed by atoms with E-state index in [4.69, 9.17) is 16.3 Å². The third-order valence-electron chi connectivity index (χ3n) is 4.24. The van der Waals surface area contributed by atoms with Crippen LogP contribution in [0, 0.1) is 5.92 Å². The van der Waals surface area contributed by atoms with Crippen molar-refractivity contribution in [1.29, 1.82) is 0 Å². The van der Waals surface area contributed by atoms with Crippen LogP contribution in [0.5, 0.6) is 0 Å². The lowest BCUT2D eigenvalue weighted by Gasteiger charge is -2.22. The van der Waals surface area contributed by atoms with Crippen molar-refractivity contribution in [2.24, 2.45) is 5.92 Å². The van der Waals surface area contributed by atoms with Gasteiger partial charge in [0.2, 0.25) is 0 Å². The van der Waals surface area contributed by atoms with E-state index in [-0.39, 0.29) is 0 Å². The standard InChI is InChI=1S/C18H28ClNO/c1-3-10-20-13-15(12-17-9-8-14(2)21-17)11-16-6-4-5-7-18(16)19/h4-7,14-15,17,20H,3,8-13H2,1-2H3. The summed E-state index contributed by atoms with van der Waals surface area (Å²) in [5, 5.41) is 4.45. The summed E-state index contributed by atoms with van der Waals surface area (Å²) in [5.74, 6) is 0.590. The summed E-state index contributed by atoms with van der Waals surface area (Å²) in [6.45, 7) is 6.52. The monoisotopic (exact) mass is 309 g/mol. The Hall–Kier alpha value is -0.570. The van der Waals surface area contributed by atoms with Gasteiger partial charge in [0.25, 0.3) is 0 Å². The highest BCUT2D eigenvalue weighted by atomic mass is 35.5. The SMILES string of the molecule is CCCNCC(Cc1ccccc1Cl)CC1CCC(C)O1. The van der Waals surface area contributed by atoms with Crippen LogP contribution in [0.2, 0.25) is 5.02 Å². The van der Waals surface area contributed by atoms with Crippen molar-refractivity contribution in [3.05, 3.63) is 34.9 Å². The van der Waals surface area contributed by atoms with Gasteiger partial charge in [-0.15, -0.1) is 0 Å². The maximum Gasteiger partial charge on any atom is 0.0583 e. The molecule has 0 aromatic heterocycles. The van der Waals surface area contributed by atoms with Crippen molar-refractivity contribution in [3.8, 4) is 0 Å². The third kappa shape index (κ3) is 5.61. The zero-order chi connectivity index (χ0) is 15.1. The summed E-state index contributed by atoms with van der Waals surface area (Å²) in [7, 11) is 0. The summed E-state index contributed by atoms with van der Waals surface area (Å²) in [6.07, 6.45) is 6.60. The first-order chi connectivity index (χ1) is 10.2. The number of nitrogens with one attached hydrogen (secondary N) is 1. The zero-order valence-electron chi connectivity index (χ0n) is 13.3. The fourth-order valence-corrected chi connectivity index (χ4v) is 3.34. The highest BCUT2D eigenvalue weighted by molar-refractivity contribution is 6.31. The van der Waals surface area contributed by atoms with Gasteiger partial charge < -0.3 is 10.1 Å². The van der Waals surface area contributed by atoms with Crippen LogP contribution in [0.15, 0.2) is 24.3 Å². The Morgan fingerprint density at radius 3 is 2.81 bits per heavy atom. The molecule has 1 saturated heterocycles. The average molecular weight is 310 g/mol. The lowest BCUT2D eigenvalue weighted by Crippen LogP contribution is -2.28. The maximum atomic E-state index is 6.32. The van der Waals surface area contributed by atoms with Crippen LogP contribution in [0.1, 0.15) is 45.1 Å². The fraction of sp³-hybridized carbons (Fsp3) is 0.667. The maximum absolute atomic E-state index is 6.32. The molecule has 0 saturated carbocycles. The van der Waals surface area contributed by atoms with E-state index in [0.29, 0.717) is 18.1 Å². The van der Waals surface area contributed by atoms with Crippen LogP contribution in [0.3, 0.4) is 0 Å². The smallest absolute Gasteiger partial charge is 0.0583 e. The Morgan fingerprint density at radius 1 is 1.33 bits per heavy atom. The molecule has 0 radical (unpaired) electrons. The fourth-order valence-electron chi connectivity index (χ4n) is 3.13. The van der Waals surface area contributed by atoms with E-state index >= 15 is 0 Å². The Morgan fingerprint density at radius 2 is 2.14 bits per heavy atom. The van der Waals surface area contributed by atoms with E-state index in [1.54, 1.807) is 0 Å². The molecule has 1 aliphatic heterocycles. The molecule has 1 aliphatic rings. The minimum atomic E-state index is 0.427. The molecule has 1 fully saturated rings. The number of ether oxygens (including phenoxy) is 1. The third-order valence-corrected chi connectivity index (χ3v) is 4.61. The molecule has 21 heavy (non-hydrogen) atoms. The van der Waals surface area contributed by atoms with Crippen LogP contribution in [-0.4, -0.2) is 25.3 Å². The number of hydrogen-bond acceptors (Lipinski definition) is 2. The highest BCUT2D eigenvalue weighted by Gasteiger charge is 2.25. The molecular weight excluding hydrogens is 282 g/mol. The molecular formula is C18H28ClNO. The van der Waals surface area contributed by atoms with Crippen LogP contribution >= 0.6 is 11.6 Å². The second kappa shape index (κ2) is 8.77. The van der Waals surface area contributed by atoms with Gasteiger partial charge in [-0.25, -0.2) is 0 Å². The summed E-state index contributed by atoms with van der Waals surface area (Å²) in [4.78, 5) is 0. The molecule has 3 unspecified atom stereocenters. The van der Waals surface area contributed by atoms with E-state index in [0.717, 1.165) is 31.0 Å². The predicted molar refractivity (Wildman–Crippen MR) is 90.0 cm³/mol. The molecule has 3 atom stereocenters. The topological polar surface area (TPSA) is 21.3 Å². The number of rotatable bonds is 8. The van der Waals surface area contributed by atoms with Crippen LogP contribution in [0.4, 0.5) is 0 Å². The molecule has 0 spiro atoms. The van der Waals surface area contributed by atoms with Crippen LogP contribution in [0.25, 0.3) is 0 Å². The molecule has 2 rings (SSSR count). The summed E-state index contributed by atoms with van der Waals surface area (Å²) < 4.78 is 6.01. The Kier molecular flexibility index (Phi) is 7.01. The van der Waals surface area contributed by atoms with Crippen molar-refractivity contribution in [3.63, 3.8) is 0 Å². The largest absolute Gasteiger partial charge is 0.375 e. The summed E-state index contributed by atoms with van der Waals surface area (Å²) >= 11 is 6.32. The van der Waals surface area contributed by atoms with E-state index in [9.17, 15) is 0 Å². The molecule has 0 amide bonds. The van der Waals surface area contributed by atoms with Crippen molar-refractivity contribution >= 4 is 11.6 Å². The Bertz CT molecular complexity index is 423. The van der Waals surface area contributed by atoms with Crippen molar-refractivity contribution in [2.75, 3.05) is 13.1 Å². The first kappa shape index (κ1) is 16.8. The number of benzene rings is 1. The quantitative estimate of drug-likeness (QED) is 0.716. The van der Waals surface area contributed by atoms with E-state index in [1.165, 1.54) is 24.8 Å². The van der Waals surface area contributed by atoms with Crippen molar-refractivity contribution in [2.45, 2.75) is 58.2 Å². The first-order valence-corrected chi connectivity index (χ1v) is 8.66. The Labute approximate surface area is 134 Å². The van der Waals surface area contributed by atoms with Gasteiger partial charge in [0, 0.05) is 5.02 Å². The van der Waals surface area contributed by atoms with E-state index in [2.05, 4.69) is 31.3 Å². The van der Waals surface area contributed by atoms with Gasteiger partial charge in [0.15, 0.2) is 0 Å². The molecule has 3 heteroatoms. The normalized spacial score (nSPS) is 23.4. The molecule has 1 heterocycles. The van der Waals surface area contributed by atoms with Crippen molar-refractivity contribution < 1.29 is 4.74 Å². The van der Waals surface area contributed by atoms with Gasteiger partial charge in [-0.05, 0) is 69.7 Å². The molecule has 1 aromatic carbocycles. The summed E-state index contributed by atoms with van der Waals surface area (Å²) in [5.41, 5.74) is 1.26. The van der Waals surface area contributed by atoms with Gasteiger partial charge in [-0.3, -0.25) is 0 Å². The van der Waals surface area contributed by atoms with Crippen LogP contribution < -0.4 is 5.32 Å². The molecule has 0 aliphatic carbocycles. The highest BCUT2D eigenvalue weighted by Crippen LogP contribution is 2.27. The van der Waals surface area contributed by atoms with Gasteiger partial charge in [-0.1, -0.05) is 36.7 Å². The average Bonchev–Trinajstić information content (AvgIpc) is 2.87. The lowest BCUT2D eigenvalue weighted by molar-refractivity contribution is 0.0408. The molecule has 118 valence electrons. The minimum absolute atomic E-state index is 0.427. The van der Waals surface area contributed by atoms with Gasteiger partial charge in [0.05, 0.1) is 12.2 Å². The number of hydrogen-bond donors (Lipinski definition) is 1.